The van der Waals surface area contributed by atoms with Crippen LogP contribution in [0.15, 0.2) is 60.7 Å². The molecular weight excluding hydrogens is 302 g/mol. The largest absolute Gasteiger partial charge is 0.468 e. The lowest BCUT2D eigenvalue weighted by molar-refractivity contribution is -0.147. The van der Waals surface area contributed by atoms with Crippen molar-refractivity contribution in [2.24, 2.45) is 0 Å². The molecule has 24 heavy (non-hydrogen) atoms. The second-order valence-corrected chi connectivity index (χ2v) is 5.76. The molecule has 0 bridgehead atoms. The van der Waals surface area contributed by atoms with Gasteiger partial charge in [-0.3, -0.25) is 9.69 Å². The number of hydrogen-bond donors (Lipinski definition) is 1. The van der Waals surface area contributed by atoms with Crippen LogP contribution < -0.4 is 0 Å². The summed E-state index contributed by atoms with van der Waals surface area (Å²) in [7, 11) is 1.42. The lowest BCUT2D eigenvalue weighted by Crippen LogP contribution is -2.43. The van der Waals surface area contributed by atoms with Gasteiger partial charge in [0.15, 0.2) is 0 Å². The third-order valence-corrected chi connectivity index (χ3v) is 4.02. The minimum Gasteiger partial charge on any atom is -0.468 e. The van der Waals surface area contributed by atoms with Crippen LogP contribution >= 0.6 is 0 Å². The molecule has 2 rings (SSSR count). The Balaban J connectivity index is 2.20. The van der Waals surface area contributed by atoms with Gasteiger partial charge in [0.2, 0.25) is 0 Å². The fraction of sp³-hybridized carbons (Fsp3) is 0.350. The molecule has 1 N–H and O–H groups in total. The quantitative estimate of drug-likeness (QED) is 0.720. The molecule has 1 atom stereocenters. The number of benzene rings is 2. The normalized spacial score (nSPS) is 12.1. The number of carbonyl (C=O) groups is 1. The summed E-state index contributed by atoms with van der Waals surface area (Å²) in [6, 6.07) is 19.6. The van der Waals surface area contributed by atoms with Crippen molar-refractivity contribution in [2.75, 3.05) is 20.3 Å². The van der Waals surface area contributed by atoms with Crippen molar-refractivity contribution in [3.63, 3.8) is 0 Å². The number of carbonyl (C=O) groups excluding carboxylic acids is 1. The van der Waals surface area contributed by atoms with Gasteiger partial charge in [0.25, 0.3) is 0 Å². The molecule has 128 valence electrons. The van der Waals surface area contributed by atoms with E-state index in [9.17, 15) is 9.90 Å². The Morgan fingerprint density at radius 2 is 1.62 bits per heavy atom. The van der Waals surface area contributed by atoms with Gasteiger partial charge in [-0.2, -0.15) is 0 Å². The number of rotatable bonds is 9. The molecule has 0 aromatic heterocycles. The van der Waals surface area contributed by atoms with Gasteiger partial charge >= 0.3 is 5.97 Å². The summed E-state index contributed by atoms with van der Waals surface area (Å²) in [4.78, 5) is 14.5. The van der Waals surface area contributed by atoms with Crippen LogP contribution in [0.1, 0.15) is 17.5 Å². The van der Waals surface area contributed by atoms with E-state index in [0.29, 0.717) is 25.9 Å². The summed E-state index contributed by atoms with van der Waals surface area (Å²) in [6.07, 6.45) is 1.21. The molecule has 0 unspecified atom stereocenters. The number of hydrogen-bond acceptors (Lipinski definition) is 4. The molecule has 4 heteroatoms. The first kappa shape index (κ1) is 18.2. The highest BCUT2D eigenvalue weighted by Gasteiger charge is 2.27. The van der Waals surface area contributed by atoms with Crippen LogP contribution in [0, 0.1) is 0 Å². The lowest BCUT2D eigenvalue weighted by Gasteiger charge is -2.30. The zero-order valence-corrected chi connectivity index (χ0v) is 14.1. The van der Waals surface area contributed by atoms with Crippen molar-refractivity contribution >= 4 is 5.97 Å². The molecule has 4 nitrogen and oxygen atoms in total. The molecular formula is C20H25NO3. The molecule has 0 saturated carbocycles. The van der Waals surface area contributed by atoms with E-state index in [-0.39, 0.29) is 18.6 Å². The highest BCUT2D eigenvalue weighted by molar-refractivity contribution is 5.76. The van der Waals surface area contributed by atoms with Gasteiger partial charge in [-0.15, -0.1) is 0 Å². The molecule has 2 aromatic rings. The highest BCUT2D eigenvalue weighted by Crippen LogP contribution is 2.15. The minimum absolute atomic E-state index is 0.102. The molecule has 0 spiro atoms. The van der Waals surface area contributed by atoms with E-state index < -0.39 is 0 Å². The van der Waals surface area contributed by atoms with E-state index in [4.69, 9.17) is 4.74 Å². The standard InChI is InChI=1S/C20H25NO3/c1-24-20(23)19(15-17-9-4-2-5-10-17)21(13-8-14-22)16-18-11-6-3-7-12-18/h2-7,9-12,19,22H,8,13-16H2,1H3/t19-/m1/s1. The summed E-state index contributed by atoms with van der Waals surface area (Å²) in [5, 5.41) is 9.21. The predicted octanol–water partition coefficient (Wildman–Crippen LogP) is 2.66. The van der Waals surface area contributed by atoms with Crippen LogP contribution in [0.4, 0.5) is 0 Å². The van der Waals surface area contributed by atoms with Gasteiger partial charge in [0.1, 0.15) is 6.04 Å². The molecule has 0 saturated heterocycles. The summed E-state index contributed by atoms with van der Waals surface area (Å²) in [5.41, 5.74) is 2.23. The highest BCUT2D eigenvalue weighted by atomic mass is 16.5. The Labute approximate surface area is 143 Å². The van der Waals surface area contributed by atoms with Crippen molar-refractivity contribution < 1.29 is 14.6 Å². The van der Waals surface area contributed by atoms with Gasteiger partial charge in [-0.05, 0) is 24.0 Å². The van der Waals surface area contributed by atoms with Gasteiger partial charge in [-0.25, -0.2) is 0 Å². The van der Waals surface area contributed by atoms with Crippen molar-refractivity contribution in [3.05, 3.63) is 71.8 Å². The summed E-state index contributed by atoms with van der Waals surface area (Å²) < 4.78 is 5.04. The van der Waals surface area contributed by atoms with Gasteiger partial charge in [-0.1, -0.05) is 60.7 Å². The summed E-state index contributed by atoms with van der Waals surface area (Å²) in [6.45, 7) is 1.38. The monoisotopic (exact) mass is 327 g/mol. The molecule has 0 aliphatic heterocycles. The third kappa shape index (κ3) is 5.48. The van der Waals surface area contributed by atoms with Crippen molar-refractivity contribution in [2.45, 2.75) is 25.4 Å². The topological polar surface area (TPSA) is 49.8 Å². The first-order valence-corrected chi connectivity index (χ1v) is 8.25. The number of esters is 1. The second-order valence-electron chi connectivity index (χ2n) is 5.76. The van der Waals surface area contributed by atoms with E-state index in [0.717, 1.165) is 11.1 Å². The molecule has 0 amide bonds. The number of methoxy groups -OCH3 is 1. The molecule has 0 fully saturated rings. The molecule has 0 aliphatic rings. The van der Waals surface area contributed by atoms with E-state index in [1.54, 1.807) is 0 Å². The smallest absolute Gasteiger partial charge is 0.323 e. The third-order valence-electron chi connectivity index (χ3n) is 4.02. The van der Waals surface area contributed by atoms with E-state index in [1.807, 2.05) is 60.7 Å². The van der Waals surface area contributed by atoms with Crippen LogP contribution in [-0.4, -0.2) is 42.3 Å². The first-order chi connectivity index (χ1) is 11.7. The number of nitrogens with zero attached hydrogens (tertiary/aromatic N) is 1. The fourth-order valence-electron chi connectivity index (χ4n) is 2.77. The Morgan fingerprint density at radius 1 is 1.04 bits per heavy atom. The van der Waals surface area contributed by atoms with E-state index >= 15 is 0 Å². The molecule has 0 radical (unpaired) electrons. The minimum atomic E-state index is -0.371. The molecule has 2 aromatic carbocycles. The summed E-state index contributed by atoms with van der Waals surface area (Å²) >= 11 is 0. The Kier molecular flexibility index (Phi) is 7.46. The van der Waals surface area contributed by atoms with Crippen molar-refractivity contribution in [3.8, 4) is 0 Å². The fourth-order valence-corrected chi connectivity index (χ4v) is 2.77. The van der Waals surface area contributed by atoms with Gasteiger partial charge in [0.05, 0.1) is 7.11 Å². The average Bonchev–Trinajstić information content (AvgIpc) is 2.64. The molecule has 0 aliphatic carbocycles. The van der Waals surface area contributed by atoms with Crippen LogP contribution in [-0.2, 0) is 22.5 Å². The van der Waals surface area contributed by atoms with Gasteiger partial charge in [0, 0.05) is 19.7 Å². The van der Waals surface area contributed by atoms with Crippen molar-refractivity contribution in [1.82, 2.24) is 4.90 Å². The van der Waals surface area contributed by atoms with Crippen molar-refractivity contribution in [1.29, 1.82) is 0 Å². The number of ether oxygens (including phenoxy) is 1. The number of aliphatic hydroxyl groups is 1. The zero-order chi connectivity index (χ0) is 17.2. The zero-order valence-electron chi connectivity index (χ0n) is 14.1. The maximum atomic E-state index is 12.4. The van der Waals surface area contributed by atoms with E-state index in [1.165, 1.54) is 7.11 Å². The Hall–Kier alpha value is -2.17. The maximum absolute atomic E-state index is 12.4. The van der Waals surface area contributed by atoms with Gasteiger partial charge < -0.3 is 9.84 Å². The van der Waals surface area contributed by atoms with Crippen LogP contribution in [0.5, 0.6) is 0 Å². The lowest BCUT2D eigenvalue weighted by atomic mass is 10.0. The van der Waals surface area contributed by atoms with Crippen LogP contribution in [0.2, 0.25) is 0 Å². The SMILES string of the molecule is COC(=O)[C@@H](Cc1ccccc1)N(CCCO)Cc1ccccc1. The predicted molar refractivity (Wildman–Crippen MR) is 94.5 cm³/mol. The van der Waals surface area contributed by atoms with E-state index in [2.05, 4.69) is 4.90 Å². The first-order valence-electron chi connectivity index (χ1n) is 8.25. The average molecular weight is 327 g/mol. The second kappa shape index (κ2) is 9.85. The number of aliphatic hydroxyl groups excluding tert-OH is 1. The molecule has 0 heterocycles. The van der Waals surface area contributed by atoms with Crippen LogP contribution in [0.3, 0.4) is 0 Å². The Morgan fingerprint density at radius 3 is 2.17 bits per heavy atom. The summed E-state index contributed by atoms with van der Waals surface area (Å²) in [5.74, 6) is -0.243. The maximum Gasteiger partial charge on any atom is 0.323 e. The van der Waals surface area contributed by atoms with Crippen LogP contribution in [0.25, 0.3) is 0 Å². The Bertz CT molecular complexity index is 601.